The van der Waals surface area contributed by atoms with Crippen LogP contribution in [0.2, 0.25) is 5.02 Å². The van der Waals surface area contributed by atoms with E-state index in [4.69, 9.17) is 16.3 Å². The summed E-state index contributed by atoms with van der Waals surface area (Å²) in [5.41, 5.74) is 1.27. The highest BCUT2D eigenvalue weighted by molar-refractivity contribution is 7.15. The van der Waals surface area contributed by atoms with Crippen molar-refractivity contribution in [2.45, 2.75) is 6.92 Å². The van der Waals surface area contributed by atoms with Crippen LogP contribution in [-0.2, 0) is 9.53 Å². The summed E-state index contributed by atoms with van der Waals surface area (Å²) in [6, 6.07) is 14.2. The maximum absolute atomic E-state index is 12.8. The average Bonchev–Trinajstić information content (AvgIpc) is 3.21. The number of esters is 1. The molecule has 0 unspecified atom stereocenters. The Morgan fingerprint density at radius 1 is 1.27 bits per heavy atom. The number of ether oxygens (including phenoxy) is 1. The highest BCUT2D eigenvalue weighted by Crippen LogP contribution is 2.37. The Morgan fingerprint density at radius 3 is 2.64 bits per heavy atom. The van der Waals surface area contributed by atoms with Crippen LogP contribution in [0, 0.1) is 21.4 Å². The molecule has 0 fully saturated rings. The molecular weight excluding hydrogens is 466 g/mol. The van der Waals surface area contributed by atoms with Crippen LogP contribution < -0.4 is 5.32 Å². The normalized spacial score (nSPS) is 10.9. The van der Waals surface area contributed by atoms with E-state index in [0.717, 1.165) is 11.3 Å². The zero-order valence-electron chi connectivity index (χ0n) is 17.2. The monoisotopic (exact) mass is 481 g/mol. The van der Waals surface area contributed by atoms with Crippen molar-refractivity contribution in [1.82, 2.24) is 0 Å². The molecule has 0 aliphatic heterocycles. The lowest BCUT2D eigenvalue weighted by molar-refractivity contribution is -0.384. The summed E-state index contributed by atoms with van der Waals surface area (Å²) in [4.78, 5) is 35.9. The fraction of sp³-hybridized carbons (Fsp3) is 0.0870. The Morgan fingerprint density at radius 2 is 2.00 bits per heavy atom. The topological polar surface area (TPSA) is 122 Å². The van der Waals surface area contributed by atoms with E-state index in [1.165, 1.54) is 30.3 Å². The molecule has 166 valence electrons. The highest BCUT2D eigenvalue weighted by Gasteiger charge is 2.24. The molecule has 0 spiro atoms. The fourth-order valence-electron chi connectivity index (χ4n) is 2.91. The van der Waals surface area contributed by atoms with Crippen molar-refractivity contribution >= 4 is 51.6 Å². The van der Waals surface area contributed by atoms with Crippen LogP contribution in [0.3, 0.4) is 0 Å². The van der Waals surface area contributed by atoms with Gasteiger partial charge in [0.05, 0.1) is 11.5 Å². The number of nitro groups is 1. The van der Waals surface area contributed by atoms with Gasteiger partial charge in [-0.3, -0.25) is 14.9 Å². The van der Waals surface area contributed by atoms with Crippen LogP contribution in [0.15, 0.2) is 59.5 Å². The lowest BCUT2D eigenvalue weighted by Gasteiger charge is -2.09. The van der Waals surface area contributed by atoms with Crippen LogP contribution in [0.25, 0.3) is 17.2 Å². The molecule has 1 amide bonds. The zero-order chi connectivity index (χ0) is 24.0. The van der Waals surface area contributed by atoms with E-state index < -0.39 is 16.8 Å². The molecule has 0 bridgehead atoms. The number of rotatable bonds is 7. The van der Waals surface area contributed by atoms with Gasteiger partial charge in [-0.25, -0.2) is 4.79 Å². The van der Waals surface area contributed by atoms with Gasteiger partial charge in [-0.2, -0.15) is 5.26 Å². The van der Waals surface area contributed by atoms with E-state index in [1.54, 1.807) is 42.6 Å². The predicted molar refractivity (Wildman–Crippen MR) is 126 cm³/mol. The van der Waals surface area contributed by atoms with Crippen molar-refractivity contribution in [3.63, 3.8) is 0 Å². The van der Waals surface area contributed by atoms with Crippen molar-refractivity contribution in [3.8, 4) is 17.2 Å². The molecule has 3 rings (SSSR count). The summed E-state index contributed by atoms with van der Waals surface area (Å²) in [6.07, 6.45) is 1.24. The number of thiophene rings is 1. The van der Waals surface area contributed by atoms with Crippen molar-refractivity contribution in [1.29, 1.82) is 5.26 Å². The summed E-state index contributed by atoms with van der Waals surface area (Å²) in [7, 11) is 0. The molecule has 0 radical (unpaired) electrons. The van der Waals surface area contributed by atoms with Crippen molar-refractivity contribution in [2.24, 2.45) is 0 Å². The maximum atomic E-state index is 12.8. The first kappa shape index (κ1) is 23.7. The third-order valence-corrected chi connectivity index (χ3v) is 5.56. The second-order valence-electron chi connectivity index (χ2n) is 6.56. The minimum atomic E-state index is -0.765. The lowest BCUT2D eigenvalue weighted by atomic mass is 10.0. The molecule has 0 aliphatic carbocycles. The molecule has 33 heavy (non-hydrogen) atoms. The van der Waals surface area contributed by atoms with Gasteiger partial charge < -0.3 is 10.1 Å². The second-order valence-corrected chi connectivity index (χ2v) is 7.87. The van der Waals surface area contributed by atoms with E-state index in [-0.39, 0.29) is 28.4 Å². The Balaban J connectivity index is 1.96. The van der Waals surface area contributed by atoms with Crippen LogP contribution in [0.5, 0.6) is 0 Å². The molecule has 1 heterocycles. The van der Waals surface area contributed by atoms with Gasteiger partial charge in [0.25, 0.3) is 11.6 Å². The number of benzene rings is 2. The molecular formula is C23H16ClN3O5S. The van der Waals surface area contributed by atoms with E-state index in [0.29, 0.717) is 21.7 Å². The number of carbonyl (C=O) groups is 2. The number of nitriles is 1. The lowest BCUT2D eigenvalue weighted by Crippen LogP contribution is -2.16. The molecule has 0 saturated heterocycles. The molecule has 0 saturated carbocycles. The SMILES string of the molecule is CCOC(=O)c1c(-c2ccc(Cl)cc2)csc1NC(=O)/C(C#N)=C/c1cccc([N+](=O)[O-])c1. The van der Waals surface area contributed by atoms with Crippen molar-refractivity contribution in [2.75, 3.05) is 11.9 Å². The van der Waals surface area contributed by atoms with Gasteiger partial charge in [0, 0.05) is 28.1 Å². The first-order chi connectivity index (χ1) is 15.8. The average molecular weight is 482 g/mol. The van der Waals surface area contributed by atoms with Gasteiger partial charge in [0.15, 0.2) is 0 Å². The largest absolute Gasteiger partial charge is 0.462 e. The maximum Gasteiger partial charge on any atom is 0.341 e. The molecule has 3 aromatic rings. The highest BCUT2D eigenvalue weighted by atomic mass is 35.5. The van der Waals surface area contributed by atoms with E-state index in [9.17, 15) is 25.0 Å². The molecule has 0 atom stereocenters. The van der Waals surface area contributed by atoms with Gasteiger partial charge >= 0.3 is 5.97 Å². The number of nitro benzene ring substituents is 1. The van der Waals surface area contributed by atoms with Crippen LogP contribution in [0.4, 0.5) is 10.7 Å². The number of halogens is 1. The van der Waals surface area contributed by atoms with E-state index >= 15 is 0 Å². The first-order valence-electron chi connectivity index (χ1n) is 9.56. The molecule has 2 aromatic carbocycles. The number of nitrogens with one attached hydrogen (secondary N) is 1. The van der Waals surface area contributed by atoms with Gasteiger partial charge in [0.2, 0.25) is 0 Å². The predicted octanol–water partition coefficient (Wildman–Crippen LogP) is 5.70. The zero-order valence-corrected chi connectivity index (χ0v) is 18.8. The van der Waals surface area contributed by atoms with Crippen LogP contribution >= 0.6 is 22.9 Å². The van der Waals surface area contributed by atoms with Gasteiger partial charge in [-0.1, -0.05) is 35.9 Å². The van der Waals surface area contributed by atoms with E-state index in [1.807, 2.05) is 0 Å². The first-order valence-corrected chi connectivity index (χ1v) is 10.8. The number of hydrogen-bond donors (Lipinski definition) is 1. The third-order valence-electron chi connectivity index (χ3n) is 4.41. The molecule has 8 nitrogen and oxygen atoms in total. The molecule has 10 heteroatoms. The number of hydrogen-bond acceptors (Lipinski definition) is 7. The Labute approximate surface area is 197 Å². The molecule has 1 N–H and O–H groups in total. The number of anilines is 1. The Bertz CT molecular complexity index is 1290. The van der Waals surface area contributed by atoms with Crippen LogP contribution in [-0.4, -0.2) is 23.4 Å². The van der Waals surface area contributed by atoms with Gasteiger partial charge in [0.1, 0.15) is 22.2 Å². The minimum absolute atomic E-state index is 0.137. The van der Waals surface area contributed by atoms with Gasteiger partial charge in [-0.15, -0.1) is 11.3 Å². The number of non-ortho nitro benzene ring substituents is 1. The number of amides is 1. The second kappa shape index (κ2) is 10.5. The van der Waals surface area contributed by atoms with Gasteiger partial charge in [-0.05, 0) is 36.3 Å². The van der Waals surface area contributed by atoms with Crippen molar-refractivity contribution < 1.29 is 19.2 Å². The fourth-order valence-corrected chi connectivity index (χ4v) is 3.99. The van der Waals surface area contributed by atoms with Crippen molar-refractivity contribution in [3.05, 3.63) is 85.7 Å². The summed E-state index contributed by atoms with van der Waals surface area (Å²) in [5, 5.41) is 25.5. The van der Waals surface area contributed by atoms with Crippen LogP contribution in [0.1, 0.15) is 22.8 Å². The molecule has 1 aromatic heterocycles. The Kier molecular flexibility index (Phi) is 7.56. The number of nitrogens with zero attached hydrogens (tertiary/aromatic N) is 2. The summed E-state index contributed by atoms with van der Waals surface area (Å²) < 4.78 is 5.16. The quantitative estimate of drug-likeness (QED) is 0.152. The van der Waals surface area contributed by atoms with E-state index in [2.05, 4.69) is 5.32 Å². The Hall–Kier alpha value is -4.00. The summed E-state index contributed by atoms with van der Waals surface area (Å²) in [5.74, 6) is -1.39. The third kappa shape index (κ3) is 5.63. The summed E-state index contributed by atoms with van der Waals surface area (Å²) >= 11 is 7.06. The standard InChI is InChI=1S/C23H16ClN3O5S/c1-2-32-23(29)20-19(15-6-8-17(24)9-7-15)13-33-22(20)26-21(28)16(12-25)10-14-4-3-5-18(11-14)27(30)31/h3-11,13H,2H2,1H3,(H,26,28)/b16-10+. The number of carbonyl (C=O) groups excluding carboxylic acids is 2. The molecule has 0 aliphatic rings. The minimum Gasteiger partial charge on any atom is -0.462 e. The summed E-state index contributed by atoms with van der Waals surface area (Å²) in [6.45, 7) is 1.80. The smallest absolute Gasteiger partial charge is 0.341 e.